The van der Waals surface area contributed by atoms with Gasteiger partial charge in [-0.05, 0) is 51.2 Å². The summed E-state index contributed by atoms with van der Waals surface area (Å²) >= 11 is 0. The Morgan fingerprint density at radius 1 is 1.23 bits per heavy atom. The maximum atomic E-state index is 6.16. The van der Waals surface area contributed by atoms with Crippen molar-refractivity contribution in [2.45, 2.75) is 57.8 Å². The molecule has 1 aromatic heterocycles. The summed E-state index contributed by atoms with van der Waals surface area (Å²) in [5, 5.41) is 3.45. The van der Waals surface area contributed by atoms with Crippen LogP contribution in [0.2, 0.25) is 0 Å². The minimum absolute atomic E-state index is 0.295. The van der Waals surface area contributed by atoms with Crippen LogP contribution in [-0.2, 0) is 23.1 Å². The summed E-state index contributed by atoms with van der Waals surface area (Å²) in [4.78, 5) is 12.0. The summed E-state index contributed by atoms with van der Waals surface area (Å²) in [6.45, 7) is 7.10. The Morgan fingerprint density at radius 2 is 2.07 bits per heavy atom. The van der Waals surface area contributed by atoms with Gasteiger partial charge in [-0.1, -0.05) is 12.1 Å². The van der Waals surface area contributed by atoms with Gasteiger partial charge in [-0.2, -0.15) is 0 Å². The van der Waals surface area contributed by atoms with E-state index in [0.717, 1.165) is 74.9 Å². The number of aromatic nitrogens is 2. The van der Waals surface area contributed by atoms with Gasteiger partial charge in [0.15, 0.2) is 5.96 Å². The highest BCUT2D eigenvalue weighted by Crippen LogP contribution is 2.19. The Labute approximate surface area is 179 Å². The van der Waals surface area contributed by atoms with Crippen LogP contribution in [0.4, 0.5) is 0 Å². The summed E-state index contributed by atoms with van der Waals surface area (Å²) in [6.07, 6.45) is 6.28. The van der Waals surface area contributed by atoms with E-state index < -0.39 is 0 Å². The van der Waals surface area contributed by atoms with Crippen LogP contribution in [-0.4, -0.2) is 65.5 Å². The zero-order valence-corrected chi connectivity index (χ0v) is 18.3. The molecule has 2 saturated heterocycles. The first kappa shape index (κ1) is 21.1. The molecular weight excluding hydrogens is 378 g/mol. The number of piperidine rings is 1. The zero-order chi connectivity index (χ0) is 20.8. The van der Waals surface area contributed by atoms with Gasteiger partial charge in [-0.25, -0.2) is 9.98 Å². The maximum absolute atomic E-state index is 6.16. The second kappa shape index (κ2) is 10.3. The number of ether oxygens (including phenoxy) is 2. The topological polar surface area (TPSA) is 63.9 Å². The molecule has 0 spiro atoms. The molecule has 2 aliphatic heterocycles. The van der Waals surface area contributed by atoms with Gasteiger partial charge < -0.3 is 24.3 Å². The molecule has 1 aromatic carbocycles. The van der Waals surface area contributed by atoms with Gasteiger partial charge in [0, 0.05) is 33.3 Å². The fourth-order valence-corrected chi connectivity index (χ4v) is 4.32. The fourth-order valence-electron chi connectivity index (χ4n) is 4.32. The lowest BCUT2D eigenvalue weighted by Crippen LogP contribution is -2.47. The zero-order valence-electron chi connectivity index (χ0n) is 18.3. The number of hydrogen-bond acceptors (Lipinski definition) is 4. The van der Waals surface area contributed by atoms with E-state index in [1.807, 2.05) is 12.1 Å². The Balaban J connectivity index is 1.32. The normalized spacial score (nSPS) is 21.3. The van der Waals surface area contributed by atoms with Crippen molar-refractivity contribution in [2.24, 2.45) is 12.0 Å². The predicted octanol–water partition coefficient (Wildman–Crippen LogP) is 3.09. The number of aliphatic imine (C=N–C) groups is 1. The minimum Gasteiger partial charge on any atom is -0.376 e. The van der Waals surface area contributed by atoms with E-state index >= 15 is 0 Å². The molecule has 164 valence electrons. The number of rotatable bonds is 6. The highest BCUT2D eigenvalue weighted by Gasteiger charge is 2.24. The quantitative estimate of drug-likeness (QED) is 0.582. The number of imidazole rings is 1. The SMILES string of the molecule is CCNC(=NCc1nc2ccccc2n1C)N1CCC(OCC2CCCCO2)CC1. The van der Waals surface area contributed by atoms with E-state index in [1.54, 1.807) is 0 Å². The molecule has 7 nitrogen and oxygen atoms in total. The first-order valence-corrected chi connectivity index (χ1v) is 11.4. The molecule has 1 atom stereocenters. The highest BCUT2D eigenvalue weighted by molar-refractivity contribution is 5.80. The third-order valence-electron chi connectivity index (χ3n) is 6.12. The first-order valence-electron chi connectivity index (χ1n) is 11.4. The van der Waals surface area contributed by atoms with Crippen LogP contribution in [0.1, 0.15) is 44.9 Å². The number of nitrogens with one attached hydrogen (secondary N) is 1. The summed E-state index contributed by atoms with van der Waals surface area (Å²) < 4.78 is 14.1. The first-order chi connectivity index (χ1) is 14.7. The number of benzene rings is 1. The predicted molar refractivity (Wildman–Crippen MR) is 120 cm³/mol. The van der Waals surface area contributed by atoms with Crippen LogP contribution in [0.3, 0.4) is 0 Å². The lowest BCUT2D eigenvalue weighted by atomic mass is 10.1. The minimum atomic E-state index is 0.295. The number of hydrogen-bond donors (Lipinski definition) is 1. The van der Waals surface area contributed by atoms with Gasteiger partial charge in [-0.15, -0.1) is 0 Å². The van der Waals surface area contributed by atoms with E-state index in [-0.39, 0.29) is 0 Å². The Morgan fingerprint density at radius 3 is 2.80 bits per heavy atom. The van der Waals surface area contributed by atoms with Crippen molar-refractivity contribution in [1.82, 2.24) is 19.8 Å². The molecule has 0 amide bonds. The molecule has 7 heteroatoms. The van der Waals surface area contributed by atoms with Crippen molar-refractivity contribution in [2.75, 3.05) is 32.8 Å². The number of fused-ring (bicyclic) bond motifs is 1. The lowest BCUT2D eigenvalue weighted by molar-refractivity contribution is -0.0721. The molecule has 4 rings (SSSR count). The van der Waals surface area contributed by atoms with Crippen molar-refractivity contribution in [3.63, 3.8) is 0 Å². The van der Waals surface area contributed by atoms with E-state index in [1.165, 1.54) is 12.8 Å². The maximum Gasteiger partial charge on any atom is 0.194 e. The van der Waals surface area contributed by atoms with E-state index in [4.69, 9.17) is 19.5 Å². The summed E-state index contributed by atoms with van der Waals surface area (Å²) in [5.41, 5.74) is 2.17. The number of aryl methyl sites for hydroxylation is 1. The molecule has 1 unspecified atom stereocenters. The van der Waals surface area contributed by atoms with Crippen molar-refractivity contribution < 1.29 is 9.47 Å². The molecule has 1 N–H and O–H groups in total. The van der Waals surface area contributed by atoms with Gasteiger partial charge in [0.05, 0.1) is 29.8 Å². The standard InChI is InChI=1S/C23H35N5O2/c1-3-24-23(25-16-22-26-20-9-4-5-10-21(20)27(22)2)28-13-11-18(12-14-28)30-17-19-8-6-7-15-29-19/h4-5,9-10,18-19H,3,6-8,11-17H2,1-2H3,(H,24,25). The monoisotopic (exact) mass is 413 g/mol. The van der Waals surface area contributed by atoms with Crippen LogP contribution < -0.4 is 5.32 Å². The number of likely N-dealkylation sites (tertiary alicyclic amines) is 1. The molecular formula is C23H35N5O2. The molecule has 0 bridgehead atoms. The highest BCUT2D eigenvalue weighted by atomic mass is 16.5. The largest absolute Gasteiger partial charge is 0.376 e. The van der Waals surface area contributed by atoms with Gasteiger partial charge in [0.2, 0.25) is 0 Å². The molecule has 0 aliphatic carbocycles. The van der Waals surface area contributed by atoms with Crippen LogP contribution in [0.5, 0.6) is 0 Å². The number of para-hydroxylation sites is 2. The Bertz CT molecular complexity index is 835. The molecule has 0 saturated carbocycles. The lowest BCUT2D eigenvalue weighted by Gasteiger charge is -2.35. The van der Waals surface area contributed by atoms with Crippen molar-refractivity contribution in [3.8, 4) is 0 Å². The second-order valence-electron chi connectivity index (χ2n) is 8.25. The second-order valence-corrected chi connectivity index (χ2v) is 8.25. The molecule has 0 radical (unpaired) electrons. The van der Waals surface area contributed by atoms with Crippen LogP contribution >= 0.6 is 0 Å². The van der Waals surface area contributed by atoms with E-state index in [9.17, 15) is 0 Å². The van der Waals surface area contributed by atoms with Gasteiger partial charge in [-0.3, -0.25) is 0 Å². The average molecular weight is 414 g/mol. The molecule has 2 fully saturated rings. The smallest absolute Gasteiger partial charge is 0.194 e. The third-order valence-corrected chi connectivity index (χ3v) is 6.12. The summed E-state index contributed by atoms with van der Waals surface area (Å²) in [5.74, 6) is 1.95. The molecule has 2 aliphatic rings. The fraction of sp³-hybridized carbons (Fsp3) is 0.652. The van der Waals surface area contributed by atoms with Crippen molar-refractivity contribution in [3.05, 3.63) is 30.1 Å². The van der Waals surface area contributed by atoms with Gasteiger partial charge >= 0.3 is 0 Å². The van der Waals surface area contributed by atoms with Crippen molar-refractivity contribution in [1.29, 1.82) is 0 Å². The third kappa shape index (κ3) is 5.13. The van der Waals surface area contributed by atoms with Crippen molar-refractivity contribution >= 4 is 17.0 Å². The van der Waals surface area contributed by atoms with E-state index in [0.29, 0.717) is 18.8 Å². The van der Waals surface area contributed by atoms with Crippen LogP contribution in [0.15, 0.2) is 29.3 Å². The average Bonchev–Trinajstić information content (AvgIpc) is 3.12. The molecule has 30 heavy (non-hydrogen) atoms. The number of guanidine groups is 1. The Kier molecular flexibility index (Phi) is 7.23. The van der Waals surface area contributed by atoms with Crippen LogP contribution in [0, 0.1) is 0 Å². The number of nitrogens with zero attached hydrogens (tertiary/aromatic N) is 4. The molecule has 3 heterocycles. The molecule has 2 aromatic rings. The van der Waals surface area contributed by atoms with Gasteiger partial charge in [0.25, 0.3) is 0 Å². The summed E-state index contributed by atoms with van der Waals surface area (Å²) in [6, 6.07) is 8.23. The van der Waals surface area contributed by atoms with Crippen LogP contribution in [0.25, 0.3) is 11.0 Å². The summed E-state index contributed by atoms with van der Waals surface area (Å²) in [7, 11) is 2.06. The van der Waals surface area contributed by atoms with E-state index in [2.05, 4.69) is 40.9 Å². The van der Waals surface area contributed by atoms with Gasteiger partial charge in [0.1, 0.15) is 12.4 Å². The Hall–Kier alpha value is -2.12.